The lowest BCUT2D eigenvalue weighted by atomic mass is 10.1. The van der Waals surface area contributed by atoms with Gasteiger partial charge in [-0.2, -0.15) is 0 Å². The Morgan fingerprint density at radius 3 is 2.59 bits per heavy atom. The van der Waals surface area contributed by atoms with Crippen LogP contribution < -0.4 is 10.1 Å². The Labute approximate surface area is 201 Å². The summed E-state index contributed by atoms with van der Waals surface area (Å²) in [4.78, 5) is 17.1. The molecule has 0 aliphatic rings. The lowest BCUT2D eigenvalue weighted by Gasteiger charge is -2.13. The van der Waals surface area contributed by atoms with Crippen LogP contribution in [0.4, 0.5) is 0 Å². The van der Waals surface area contributed by atoms with Gasteiger partial charge in [-0.3, -0.25) is 4.79 Å². The molecular formula is C29H33N3O2. The van der Waals surface area contributed by atoms with Gasteiger partial charge >= 0.3 is 0 Å². The second-order valence-electron chi connectivity index (χ2n) is 8.65. The molecule has 0 aliphatic heterocycles. The highest BCUT2D eigenvalue weighted by atomic mass is 16.5. The van der Waals surface area contributed by atoms with Gasteiger partial charge in [-0.25, -0.2) is 4.98 Å². The topological polar surface area (TPSA) is 56.1 Å². The van der Waals surface area contributed by atoms with Gasteiger partial charge in [0.1, 0.15) is 18.2 Å². The van der Waals surface area contributed by atoms with Gasteiger partial charge < -0.3 is 14.6 Å². The first kappa shape index (κ1) is 23.6. The van der Waals surface area contributed by atoms with Crippen molar-refractivity contribution in [2.45, 2.75) is 46.1 Å². The monoisotopic (exact) mass is 455 g/mol. The van der Waals surface area contributed by atoms with E-state index >= 15 is 0 Å². The number of nitrogens with one attached hydrogen (secondary N) is 1. The maximum Gasteiger partial charge on any atom is 0.220 e. The number of imidazole rings is 1. The molecule has 1 aromatic heterocycles. The average Bonchev–Trinajstić information content (AvgIpc) is 3.21. The summed E-state index contributed by atoms with van der Waals surface area (Å²) >= 11 is 0. The predicted molar refractivity (Wildman–Crippen MR) is 137 cm³/mol. The maximum atomic E-state index is 12.2. The van der Waals surface area contributed by atoms with Crippen molar-refractivity contribution >= 4 is 16.9 Å². The molecule has 0 aliphatic carbocycles. The van der Waals surface area contributed by atoms with Crippen LogP contribution in [0.3, 0.4) is 0 Å². The number of aromatic nitrogens is 2. The fourth-order valence-corrected chi connectivity index (χ4v) is 4.16. The molecule has 0 spiro atoms. The molecule has 0 saturated heterocycles. The zero-order chi connectivity index (χ0) is 23.8. The van der Waals surface area contributed by atoms with Crippen LogP contribution in [0.15, 0.2) is 72.8 Å². The molecule has 176 valence electrons. The number of benzene rings is 3. The van der Waals surface area contributed by atoms with Gasteiger partial charge in [0.15, 0.2) is 0 Å². The van der Waals surface area contributed by atoms with E-state index in [0.29, 0.717) is 19.6 Å². The van der Waals surface area contributed by atoms with E-state index in [4.69, 9.17) is 9.72 Å². The number of ether oxygens (including phenoxy) is 1. The van der Waals surface area contributed by atoms with Gasteiger partial charge in [0.25, 0.3) is 0 Å². The van der Waals surface area contributed by atoms with Gasteiger partial charge in [-0.15, -0.1) is 0 Å². The lowest BCUT2D eigenvalue weighted by Crippen LogP contribution is -2.25. The quantitative estimate of drug-likeness (QED) is 0.308. The summed E-state index contributed by atoms with van der Waals surface area (Å²) in [6.07, 6.45) is 2.93. The number of fused-ring (bicyclic) bond motifs is 1. The molecular weight excluding hydrogens is 422 g/mol. The molecule has 5 nitrogen and oxygen atoms in total. The minimum Gasteiger partial charge on any atom is -0.491 e. The number of hydrogen-bond donors (Lipinski definition) is 1. The Morgan fingerprint density at radius 1 is 0.941 bits per heavy atom. The molecule has 0 bridgehead atoms. The van der Waals surface area contributed by atoms with Crippen LogP contribution in [-0.2, 0) is 24.2 Å². The molecule has 0 atom stereocenters. The Bertz CT molecular complexity index is 1230. The third kappa shape index (κ3) is 6.04. The van der Waals surface area contributed by atoms with E-state index in [9.17, 15) is 4.79 Å². The van der Waals surface area contributed by atoms with Crippen LogP contribution >= 0.6 is 0 Å². The third-order valence-corrected chi connectivity index (χ3v) is 6.24. The van der Waals surface area contributed by atoms with E-state index in [2.05, 4.69) is 48.0 Å². The highest BCUT2D eigenvalue weighted by Gasteiger charge is 2.11. The van der Waals surface area contributed by atoms with Gasteiger partial charge in [-0.1, -0.05) is 54.6 Å². The van der Waals surface area contributed by atoms with E-state index in [1.165, 1.54) is 16.7 Å². The normalized spacial score (nSPS) is 11.0. The van der Waals surface area contributed by atoms with Gasteiger partial charge in [0, 0.05) is 19.4 Å². The number of para-hydroxylation sites is 2. The predicted octanol–water partition coefficient (Wildman–Crippen LogP) is 5.41. The molecule has 0 radical (unpaired) electrons. The molecule has 0 unspecified atom stereocenters. The summed E-state index contributed by atoms with van der Waals surface area (Å²) in [6.45, 7) is 6.15. The van der Waals surface area contributed by atoms with Crippen LogP contribution in [-0.4, -0.2) is 28.6 Å². The molecule has 1 N–H and O–H groups in total. The van der Waals surface area contributed by atoms with E-state index < -0.39 is 0 Å². The summed E-state index contributed by atoms with van der Waals surface area (Å²) in [7, 11) is 0. The molecule has 3 aromatic carbocycles. The molecule has 34 heavy (non-hydrogen) atoms. The Kier molecular flexibility index (Phi) is 7.97. The fourth-order valence-electron chi connectivity index (χ4n) is 4.16. The van der Waals surface area contributed by atoms with Crippen LogP contribution in [0.1, 0.15) is 35.4 Å². The van der Waals surface area contributed by atoms with Crippen LogP contribution in [0.25, 0.3) is 11.0 Å². The standard InChI is InChI=1S/C29H33N3O2/c1-22-10-8-15-27(23(22)2)34-21-20-32-26-14-7-6-13-25(26)31-28(32)16-9-19-30-29(33)18-17-24-11-4-3-5-12-24/h3-8,10-15H,9,16-21H2,1-2H3,(H,30,33). The summed E-state index contributed by atoms with van der Waals surface area (Å²) in [5.41, 5.74) is 5.72. The SMILES string of the molecule is Cc1cccc(OCCn2c(CCCNC(=O)CCc3ccccc3)nc3ccccc32)c1C. The first-order valence-electron chi connectivity index (χ1n) is 12.1. The minimum atomic E-state index is 0.0966. The first-order valence-corrected chi connectivity index (χ1v) is 12.1. The van der Waals surface area contributed by atoms with Gasteiger partial charge in [-0.05, 0) is 61.6 Å². The number of rotatable bonds is 11. The molecule has 0 saturated carbocycles. The number of amides is 1. The van der Waals surface area contributed by atoms with Crippen molar-refractivity contribution < 1.29 is 9.53 Å². The Balaban J connectivity index is 1.31. The molecule has 4 rings (SSSR count). The Hall–Kier alpha value is -3.60. The molecule has 1 heterocycles. The third-order valence-electron chi connectivity index (χ3n) is 6.24. The number of carbonyl (C=O) groups is 1. The maximum absolute atomic E-state index is 12.2. The molecule has 5 heteroatoms. The largest absolute Gasteiger partial charge is 0.491 e. The van der Waals surface area contributed by atoms with Crippen molar-refractivity contribution in [3.05, 3.63) is 95.3 Å². The van der Waals surface area contributed by atoms with Crippen molar-refractivity contribution in [3.63, 3.8) is 0 Å². The average molecular weight is 456 g/mol. The summed E-state index contributed by atoms with van der Waals surface area (Å²) < 4.78 is 8.36. The van der Waals surface area contributed by atoms with Crippen LogP contribution in [0.2, 0.25) is 0 Å². The van der Waals surface area contributed by atoms with E-state index in [1.54, 1.807) is 0 Å². The zero-order valence-electron chi connectivity index (χ0n) is 20.1. The Morgan fingerprint density at radius 2 is 1.74 bits per heavy atom. The molecule has 1 amide bonds. The van der Waals surface area contributed by atoms with E-state index in [-0.39, 0.29) is 5.91 Å². The summed E-state index contributed by atoms with van der Waals surface area (Å²) in [6, 6.07) is 24.5. The van der Waals surface area contributed by atoms with Crippen LogP contribution in [0.5, 0.6) is 5.75 Å². The number of carbonyl (C=O) groups excluding carboxylic acids is 1. The fraction of sp³-hybridized carbons (Fsp3) is 0.310. The second-order valence-corrected chi connectivity index (χ2v) is 8.65. The van der Waals surface area contributed by atoms with Crippen molar-refractivity contribution in [3.8, 4) is 5.75 Å². The van der Waals surface area contributed by atoms with E-state index in [1.807, 2.05) is 48.5 Å². The lowest BCUT2D eigenvalue weighted by molar-refractivity contribution is -0.121. The minimum absolute atomic E-state index is 0.0966. The van der Waals surface area contributed by atoms with Crippen LogP contribution in [0, 0.1) is 13.8 Å². The summed E-state index contributed by atoms with van der Waals surface area (Å²) in [5, 5.41) is 3.05. The first-order chi connectivity index (χ1) is 16.6. The van der Waals surface area contributed by atoms with E-state index in [0.717, 1.165) is 48.4 Å². The highest BCUT2D eigenvalue weighted by molar-refractivity contribution is 5.76. The van der Waals surface area contributed by atoms with Crippen molar-refractivity contribution in [2.24, 2.45) is 0 Å². The van der Waals surface area contributed by atoms with Gasteiger partial charge in [0.05, 0.1) is 17.6 Å². The highest BCUT2D eigenvalue weighted by Crippen LogP contribution is 2.21. The summed E-state index contributed by atoms with van der Waals surface area (Å²) in [5.74, 6) is 2.06. The van der Waals surface area contributed by atoms with Gasteiger partial charge in [0.2, 0.25) is 5.91 Å². The zero-order valence-corrected chi connectivity index (χ0v) is 20.1. The molecule has 4 aromatic rings. The number of hydrogen-bond acceptors (Lipinski definition) is 3. The van der Waals surface area contributed by atoms with Crippen molar-refractivity contribution in [2.75, 3.05) is 13.2 Å². The van der Waals surface area contributed by atoms with Crippen molar-refractivity contribution in [1.29, 1.82) is 0 Å². The molecule has 0 fully saturated rings. The van der Waals surface area contributed by atoms with Crippen molar-refractivity contribution in [1.82, 2.24) is 14.9 Å². The number of aryl methyl sites for hydroxylation is 3. The number of nitrogens with zero attached hydrogens (tertiary/aromatic N) is 2. The smallest absolute Gasteiger partial charge is 0.220 e. The second kappa shape index (κ2) is 11.5.